The number of hydrogen-bond acceptors (Lipinski definition) is 7. The summed E-state index contributed by atoms with van der Waals surface area (Å²) in [6.07, 6.45) is 1.38. The summed E-state index contributed by atoms with van der Waals surface area (Å²) >= 11 is 0. The Labute approximate surface area is 151 Å². The van der Waals surface area contributed by atoms with E-state index in [0.717, 1.165) is 0 Å². The Hall–Kier alpha value is -1.69. The van der Waals surface area contributed by atoms with Crippen LogP contribution in [0.3, 0.4) is 0 Å². The number of nitrogens with zero attached hydrogens (tertiary/aromatic N) is 3. The minimum Gasteiger partial charge on any atom is -0.470 e. The minimum atomic E-state index is -3.69. The van der Waals surface area contributed by atoms with Crippen molar-refractivity contribution in [1.29, 1.82) is 0 Å². The van der Waals surface area contributed by atoms with E-state index >= 15 is 0 Å². The number of piperidine rings is 1. The zero-order valence-electron chi connectivity index (χ0n) is 13.6. The van der Waals surface area contributed by atoms with Gasteiger partial charge in [0.15, 0.2) is 17.2 Å². The molecule has 0 spiro atoms. The molecule has 1 amide bonds. The van der Waals surface area contributed by atoms with Crippen LogP contribution >= 0.6 is 12.4 Å². The molecule has 2 aliphatic heterocycles. The van der Waals surface area contributed by atoms with Crippen LogP contribution in [0.2, 0.25) is 0 Å². The number of halogens is 1. The number of nitrogens with one attached hydrogen (secondary N) is 2. The summed E-state index contributed by atoms with van der Waals surface area (Å²) in [6.45, 7) is 4.63. The number of aromatic nitrogens is 2. The average molecular weight is 391 g/mol. The predicted molar refractivity (Wildman–Crippen MR) is 91.8 cm³/mol. The lowest BCUT2D eigenvalue weighted by Crippen LogP contribution is -2.46. The van der Waals surface area contributed by atoms with E-state index in [1.807, 2.05) is 4.90 Å². The normalized spacial score (nSPS) is 29.0. The van der Waals surface area contributed by atoms with Crippen LogP contribution < -0.4 is 24.8 Å². The Morgan fingerprint density at radius 2 is 2.00 bits per heavy atom. The second-order valence-corrected chi connectivity index (χ2v) is 8.19. The van der Waals surface area contributed by atoms with E-state index < -0.39 is 15.8 Å². The second kappa shape index (κ2) is 5.66. The Balaban J connectivity index is 0.00000182. The van der Waals surface area contributed by atoms with Crippen LogP contribution in [0.15, 0.2) is 6.33 Å². The maximum atomic E-state index is 12.0. The van der Waals surface area contributed by atoms with E-state index in [4.69, 9.17) is 9.88 Å². The van der Waals surface area contributed by atoms with Gasteiger partial charge in [-0.3, -0.25) is 4.79 Å². The molecule has 3 atom stereocenters. The Morgan fingerprint density at radius 3 is 2.60 bits per heavy atom. The van der Waals surface area contributed by atoms with Crippen LogP contribution in [0, 0.1) is 11.8 Å². The quantitative estimate of drug-likeness (QED) is 0.616. The number of fused-ring (bicyclic) bond motifs is 2. The maximum Gasteiger partial charge on any atom is 0.274 e. The van der Waals surface area contributed by atoms with Gasteiger partial charge in [-0.1, -0.05) is 0 Å². The lowest BCUT2D eigenvalue weighted by molar-refractivity contribution is -0.129. The first-order chi connectivity index (χ1) is 11.2. The summed E-state index contributed by atoms with van der Waals surface area (Å²) in [7, 11) is -3.69. The fraction of sp³-hybridized carbons (Fsp3) is 0.615. The summed E-state index contributed by atoms with van der Waals surface area (Å²) in [5.41, 5.74) is -1.01. The molecule has 3 aliphatic rings. The summed E-state index contributed by atoms with van der Waals surface area (Å²) in [4.78, 5) is 22.3. The number of amides is 1. The largest absolute Gasteiger partial charge is 0.470 e. The van der Waals surface area contributed by atoms with Crippen molar-refractivity contribution in [1.82, 2.24) is 14.7 Å². The zero-order chi connectivity index (χ0) is 17.3. The highest BCUT2D eigenvalue weighted by Crippen LogP contribution is 2.49. The number of hydrogen-bond donors (Lipinski definition) is 3. The molecule has 12 heteroatoms. The highest BCUT2D eigenvalue weighted by molar-refractivity contribution is 7.87. The molecule has 0 radical (unpaired) electrons. The number of carbonyl (C=O) groups excluding carboxylic acids is 1. The van der Waals surface area contributed by atoms with Gasteiger partial charge in [0.25, 0.3) is 16.1 Å². The van der Waals surface area contributed by atoms with Gasteiger partial charge in [0.05, 0.1) is 0 Å². The molecular weight excluding hydrogens is 372 g/mol. The van der Waals surface area contributed by atoms with E-state index in [2.05, 4.69) is 20.0 Å². The molecule has 0 bridgehead atoms. The topological polar surface area (TPSA) is 140 Å². The highest BCUT2D eigenvalue weighted by atomic mass is 35.5. The molecule has 25 heavy (non-hydrogen) atoms. The van der Waals surface area contributed by atoms with Crippen molar-refractivity contribution in [2.24, 2.45) is 17.0 Å². The van der Waals surface area contributed by atoms with E-state index in [1.54, 1.807) is 13.8 Å². The molecule has 4 rings (SSSR count). The van der Waals surface area contributed by atoms with Gasteiger partial charge in [0, 0.05) is 19.1 Å². The molecule has 138 valence electrons. The van der Waals surface area contributed by atoms with E-state index in [0.29, 0.717) is 30.5 Å². The molecule has 10 nitrogen and oxygen atoms in total. The molecule has 1 saturated carbocycles. The van der Waals surface area contributed by atoms with E-state index in [9.17, 15) is 13.2 Å². The van der Waals surface area contributed by atoms with Crippen molar-refractivity contribution in [2.45, 2.75) is 25.5 Å². The SMILES string of the molecule is CC1(C)Oc2c(ncnc2N2C[C@@H]3C(NS(N)(=O)=O)[C@@H]3C2)NC1=O.Cl. The second-order valence-electron chi connectivity index (χ2n) is 6.86. The van der Waals surface area contributed by atoms with Gasteiger partial charge in [0.1, 0.15) is 6.33 Å². The third kappa shape index (κ3) is 3.12. The van der Waals surface area contributed by atoms with Crippen LogP contribution in [-0.2, 0) is 15.0 Å². The number of ether oxygens (including phenoxy) is 1. The molecule has 4 N–H and O–H groups in total. The molecular formula is C13H19ClN6O4S. The first kappa shape index (κ1) is 18.1. The molecule has 2 fully saturated rings. The molecule has 1 aromatic rings. The standard InChI is InChI=1S/C13H18N6O4S.ClH/c1-13(2)12(20)17-10-9(23-13)11(16-5-15-10)19-3-6-7(4-19)8(6)18-24(14,21)22;/h5-8,18H,3-4H2,1-2H3,(H2,14,21,22)(H,15,16,17,20);1H/t6-,7+,8?;. The highest BCUT2D eigenvalue weighted by Gasteiger charge is 2.57. The molecule has 3 heterocycles. The summed E-state index contributed by atoms with van der Waals surface area (Å²) in [6, 6.07) is -0.119. The van der Waals surface area contributed by atoms with Gasteiger partial charge < -0.3 is 15.0 Å². The van der Waals surface area contributed by atoms with Crippen molar-refractivity contribution in [3.8, 4) is 5.75 Å². The number of rotatable bonds is 3. The van der Waals surface area contributed by atoms with Gasteiger partial charge >= 0.3 is 0 Å². The van der Waals surface area contributed by atoms with Crippen molar-refractivity contribution in [2.75, 3.05) is 23.3 Å². The number of nitrogens with two attached hydrogens (primary N) is 1. The van der Waals surface area contributed by atoms with Crippen LogP contribution in [0.5, 0.6) is 5.75 Å². The van der Waals surface area contributed by atoms with Crippen LogP contribution in [0.25, 0.3) is 0 Å². The third-order valence-corrected chi connectivity index (χ3v) is 5.32. The first-order valence-electron chi connectivity index (χ1n) is 7.56. The predicted octanol–water partition coefficient (Wildman–Crippen LogP) is -0.764. The lowest BCUT2D eigenvalue weighted by atomic mass is 10.1. The molecule has 1 unspecified atom stereocenters. The molecule has 0 aromatic carbocycles. The minimum absolute atomic E-state index is 0. The lowest BCUT2D eigenvalue weighted by Gasteiger charge is -2.33. The van der Waals surface area contributed by atoms with Crippen molar-refractivity contribution >= 4 is 40.2 Å². The zero-order valence-corrected chi connectivity index (χ0v) is 15.2. The van der Waals surface area contributed by atoms with Gasteiger partial charge in [-0.2, -0.15) is 13.1 Å². The molecule has 1 saturated heterocycles. The van der Waals surface area contributed by atoms with Gasteiger partial charge in [-0.05, 0) is 25.7 Å². The summed E-state index contributed by atoms with van der Waals surface area (Å²) in [5.74, 6) is 1.53. The van der Waals surface area contributed by atoms with E-state index in [1.165, 1.54) is 6.33 Å². The van der Waals surface area contributed by atoms with Gasteiger partial charge in [-0.25, -0.2) is 15.1 Å². The molecule has 1 aromatic heterocycles. The summed E-state index contributed by atoms with van der Waals surface area (Å²) in [5, 5.41) is 7.75. The van der Waals surface area contributed by atoms with Gasteiger partial charge in [0.2, 0.25) is 5.75 Å². The maximum absolute atomic E-state index is 12.0. The van der Waals surface area contributed by atoms with Crippen molar-refractivity contribution < 1.29 is 17.9 Å². The Kier molecular flexibility index (Phi) is 4.10. The Bertz CT molecular complexity index is 820. The van der Waals surface area contributed by atoms with Crippen molar-refractivity contribution in [3.63, 3.8) is 0 Å². The summed E-state index contributed by atoms with van der Waals surface area (Å²) < 4.78 is 30.5. The first-order valence-corrected chi connectivity index (χ1v) is 9.11. The van der Waals surface area contributed by atoms with Crippen LogP contribution in [0.1, 0.15) is 13.8 Å². The van der Waals surface area contributed by atoms with Crippen LogP contribution in [-0.4, -0.2) is 49.0 Å². The third-order valence-electron chi connectivity index (χ3n) is 4.71. The smallest absolute Gasteiger partial charge is 0.274 e. The number of carbonyl (C=O) groups is 1. The van der Waals surface area contributed by atoms with Gasteiger partial charge in [-0.15, -0.1) is 12.4 Å². The molecule has 1 aliphatic carbocycles. The Morgan fingerprint density at radius 1 is 1.36 bits per heavy atom. The van der Waals surface area contributed by atoms with Crippen LogP contribution in [0.4, 0.5) is 11.6 Å². The fourth-order valence-corrected chi connectivity index (χ4v) is 4.13. The fourth-order valence-electron chi connectivity index (χ4n) is 3.40. The average Bonchev–Trinajstić information content (AvgIpc) is 2.91. The van der Waals surface area contributed by atoms with Crippen molar-refractivity contribution in [3.05, 3.63) is 6.33 Å². The monoisotopic (exact) mass is 390 g/mol. The number of anilines is 2. The van der Waals surface area contributed by atoms with E-state index in [-0.39, 0.29) is 36.2 Å².